The molecule has 0 atom stereocenters. The highest BCUT2D eigenvalue weighted by molar-refractivity contribution is 7.99. The van der Waals surface area contributed by atoms with Crippen molar-refractivity contribution >= 4 is 50.4 Å². The second kappa shape index (κ2) is 6.47. The minimum absolute atomic E-state index is 0.0772. The summed E-state index contributed by atoms with van der Waals surface area (Å²) in [5, 5.41) is 4.31. The lowest BCUT2D eigenvalue weighted by atomic mass is 9.91. The van der Waals surface area contributed by atoms with Gasteiger partial charge in [-0.05, 0) is 25.8 Å². The molecule has 1 fully saturated rings. The van der Waals surface area contributed by atoms with Crippen LogP contribution in [0.2, 0.25) is 0 Å². The van der Waals surface area contributed by atoms with Crippen molar-refractivity contribution in [2.45, 2.75) is 35.2 Å². The smallest absolute Gasteiger partial charge is 0.206 e. The number of nitrogens with two attached hydrogens (primary N) is 1. The molecule has 0 radical (unpaired) electrons. The van der Waals surface area contributed by atoms with E-state index in [1.165, 1.54) is 15.0 Å². The highest BCUT2D eigenvalue weighted by Gasteiger charge is 2.27. The molecule has 0 saturated carbocycles. The van der Waals surface area contributed by atoms with Crippen molar-refractivity contribution in [1.82, 2.24) is 19.9 Å². The molecule has 138 valence electrons. The van der Waals surface area contributed by atoms with Gasteiger partial charge >= 0.3 is 0 Å². The maximum Gasteiger partial charge on any atom is 0.206 e. The Bertz CT molecular complexity index is 1110. The van der Waals surface area contributed by atoms with E-state index in [0.29, 0.717) is 5.65 Å². The number of benzene rings is 1. The Hall–Kier alpha value is -2.16. The average molecular weight is 397 g/mol. The topological polar surface area (TPSA) is 83.7 Å². The standard InChI is InChI=1S/C19H20N6S2/c1-19(20)6-8-25(9-7-19)18-23-16-17(24-18)22-15(10-21-16)27-14-11-26-13-5-3-2-4-12(13)14/h2-5,10-11H,6-9,20H2,1H3,(H,21,22,23,24). The number of thiophene rings is 1. The molecule has 0 amide bonds. The van der Waals surface area contributed by atoms with Crippen LogP contribution in [0.4, 0.5) is 5.95 Å². The Labute approximate surface area is 165 Å². The molecule has 0 aliphatic carbocycles. The molecule has 4 aromatic rings. The van der Waals surface area contributed by atoms with E-state index >= 15 is 0 Å². The first-order valence-corrected chi connectivity index (χ1v) is 10.7. The van der Waals surface area contributed by atoms with E-state index in [0.717, 1.165) is 42.6 Å². The van der Waals surface area contributed by atoms with E-state index in [1.54, 1.807) is 29.3 Å². The number of imidazole rings is 1. The molecule has 5 rings (SSSR count). The third kappa shape index (κ3) is 3.28. The van der Waals surface area contributed by atoms with Crippen molar-refractivity contribution in [3.05, 3.63) is 35.8 Å². The van der Waals surface area contributed by atoms with E-state index in [4.69, 9.17) is 10.7 Å². The van der Waals surface area contributed by atoms with Crippen LogP contribution in [0.3, 0.4) is 0 Å². The van der Waals surface area contributed by atoms with Gasteiger partial charge in [0.05, 0.1) is 6.20 Å². The van der Waals surface area contributed by atoms with Gasteiger partial charge in [0.1, 0.15) is 5.03 Å². The first kappa shape index (κ1) is 17.0. The van der Waals surface area contributed by atoms with Gasteiger partial charge < -0.3 is 15.6 Å². The molecule has 3 aromatic heterocycles. The van der Waals surface area contributed by atoms with Crippen LogP contribution in [0.1, 0.15) is 19.8 Å². The molecule has 1 saturated heterocycles. The molecule has 4 heterocycles. The van der Waals surface area contributed by atoms with Crippen molar-refractivity contribution in [1.29, 1.82) is 0 Å². The van der Waals surface area contributed by atoms with Gasteiger partial charge in [0.25, 0.3) is 0 Å². The van der Waals surface area contributed by atoms with Gasteiger partial charge in [-0.3, -0.25) is 0 Å². The van der Waals surface area contributed by atoms with E-state index in [2.05, 4.69) is 56.4 Å². The molecule has 1 aromatic carbocycles. The molecule has 1 aliphatic heterocycles. The van der Waals surface area contributed by atoms with Crippen molar-refractivity contribution in [2.24, 2.45) is 5.73 Å². The summed E-state index contributed by atoms with van der Waals surface area (Å²) in [7, 11) is 0. The largest absolute Gasteiger partial charge is 0.342 e. The fourth-order valence-corrected chi connectivity index (χ4v) is 5.32. The molecule has 0 spiro atoms. The highest BCUT2D eigenvalue weighted by Crippen LogP contribution is 2.36. The van der Waals surface area contributed by atoms with Gasteiger partial charge in [0, 0.05) is 39.0 Å². The number of anilines is 1. The Morgan fingerprint density at radius 2 is 2.04 bits per heavy atom. The number of aromatic nitrogens is 4. The second-order valence-electron chi connectivity index (χ2n) is 7.28. The summed E-state index contributed by atoms with van der Waals surface area (Å²) in [4.78, 5) is 20.7. The predicted octanol–water partition coefficient (Wildman–Crippen LogP) is 4.04. The van der Waals surface area contributed by atoms with Crippen molar-refractivity contribution in [3.63, 3.8) is 0 Å². The number of nitrogens with zero attached hydrogens (tertiary/aromatic N) is 4. The van der Waals surface area contributed by atoms with Gasteiger partial charge in [0.15, 0.2) is 11.3 Å². The Morgan fingerprint density at radius 1 is 1.22 bits per heavy atom. The summed E-state index contributed by atoms with van der Waals surface area (Å²) in [5.74, 6) is 0.837. The van der Waals surface area contributed by atoms with Gasteiger partial charge in [0.2, 0.25) is 5.95 Å². The number of hydrogen-bond donors (Lipinski definition) is 2. The number of nitrogens with one attached hydrogen (secondary N) is 1. The molecule has 0 bridgehead atoms. The summed E-state index contributed by atoms with van der Waals surface area (Å²) in [6.45, 7) is 3.91. The van der Waals surface area contributed by atoms with Crippen LogP contribution in [-0.2, 0) is 0 Å². The lowest BCUT2D eigenvalue weighted by Crippen LogP contribution is -2.48. The van der Waals surface area contributed by atoms with Crippen LogP contribution in [0.15, 0.2) is 45.8 Å². The SMILES string of the molecule is CC1(N)CCN(c2nc3ncc(Sc4csc5ccccc45)nc3[nH]2)CC1. The van der Waals surface area contributed by atoms with Crippen LogP contribution < -0.4 is 10.6 Å². The summed E-state index contributed by atoms with van der Waals surface area (Å²) in [6, 6.07) is 8.43. The third-order valence-electron chi connectivity index (χ3n) is 5.04. The van der Waals surface area contributed by atoms with Crippen LogP contribution in [0, 0.1) is 0 Å². The maximum atomic E-state index is 6.23. The number of H-pyrrole nitrogens is 1. The predicted molar refractivity (Wildman–Crippen MR) is 112 cm³/mol. The number of hydrogen-bond acceptors (Lipinski definition) is 7. The van der Waals surface area contributed by atoms with Gasteiger partial charge in [-0.15, -0.1) is 11.3 Å². The number of aromatic amines is 1. The normalized spacial score (nSPS) is 17.0. The number of piperidine rings is 1. The molecule has 1 aliphatic rings. The van der Waals surface area contributed by atoms with Crippen LogP contribution in [0.25, 0.3) is 21.4 Å². The highest BCUT2D eigenvalue weighted by atomic mass is 32.2. The Balaban J connectivity index is 1.41. The lowest BCUT2D eigenvalue weighted by molar-refractivity contribution is 0.362. The van der Waals surface area contributed by atoms with E-state index in [-0.39, 0.29) is 5.54 Å². The van der Waals surface area contributed by atoms with Gasteiger partial charge in [-0.2, -0.15) is 4.98 Å². The molecule has 0 unspecified atom stereocenters. The summed E-state index contributed by atoms with van der Waals surface area (Å²) >= 11 is 3.40. The number of rotatable bonds is 3. The monoisotopic (exact) mass is 396 g/mol. The molecule has 27 heavy (non-hydrogen) atoms. The molecule has 3 N–H and O–H groups in total. The van der Waals surface area contributed by atoms with Crippen molar-refractivity contribution < 1.29 is 0 Å². The quantitative estimate of drug-likeness (QED) is 0.544. The first-order chi connectivity index (χ1) is 13.1. The van der Waals surface area contributed by atoms with Crippen molar-refractivity contribution in [2.75, 3.05) is 18.0 Å². The maximum absolute atomic E-state index is 6.23. The summed E-state index contributed by atoms with van der Waals surface area (Å²) in [6.07, 6.45) is 3.71. The average Bonchev–Trinajstić information content (AvgIpc) is 3.26. The Kier molecular flexibility index (Phi) is 4.07. The van der Waals surface area contributed by atoms with Crippen molar-refractivity contribution in [3.8, 4) is 0 Å². The third-order valence-corrected chi connectivity index (χ3v) is 7.11. The summed E-state index contributed by atoms with van der Waals surface area (Å²) in [5.41, 5.74) is 7.55. The second-order valence-corrected chi connectivity index (χ2v) is 9.25. The zero-order valence-corrected chi connectivity index (χ0v) is 16.6. The van der Waals surface area contributed by atoms with Crippen LogP contribution >= 0.6 is 23.1 Å². The lowest BCUT2D eigenvalue weighted by Gasteiger charge is -2.36. The van der Waals surface area contributed by atoms with E-state index < -0.39 is 0 Å². The number of fused-ring (bicyclic) bond motifs is 2. The zero-order valence-electron chi connectivity index (χ0n) is 15.0. The molecular weight excluding hydrogens is 376 g/mol. The van der Waals surface area contributed by atoms with E-state index in [9.17, 15) is 0 Å². The van der Waals surface area contributed by atoms with Crippen LogP contribution in [-0.4, -0.2) is 38.6 Å². The zero-order chi connectivity index (χ0) is 18.4. The molecule has 6 nitrogen and oxygen atoms in total. The minimum atomic E-state index is -0.0772. The first-order valence-electron chi connectivity index (χ1n) is 8.98. The molecule has 8 heteroatoms. The fraction of sp³-hybridized carbons (Fsp3) is 0.316. The molecular formula is C19H20N6S2. The summed E-state index contributed by atoms with van der Waals surface area (Å²) < 4.78 is 1.29. The van der Waals surface area contributed by atoms with Crippen LogP contribution in [0.5, 0.6) is 0 Å². The Morgan fingerprint density at radius 3 is 2.89 bits per heavy atom. The van der Waals surface area contributed by atoms with Gasteiger partial charge in [-0.1, -0.05) is 30.0 Å². The fourth-order valence-electron chi connectivity index (χ4n) is 3.34. The minimum Gasteiger partial charge on any atom is -0.342 e. The van der Waals surface area contributed by atoms with E-state index in [1.807, 2.05) is 0 Å². The van der Waals surface area contributed by atoms with Gasteiger partial charge in [-0.25, -0.2) is 9.97 Å².